The van der Waals surface area contributed by atoms with E-state index in [1.807, 2.05) is 12.1 Å². The number of hydroxylamine groups is 2. The maximum absolute atomic E-state index is 12.7. The number of aromatic nitrogens is 3. The zero-order valence-electron chi connectivity index (χ0n) is 17.0. The molecular formula is C22H19N5O4. The second-order valence-corrected chi connectivity index (χ2v) is 7.67. The molecule has 31 heavy (non-hydrogen) atoms. The summed E-state index contributed by atoms with van der Waals surface area (Å²) in [5.41, 5.74) is 4.03. The van der Waals surface area contributed by atoms with Gasteiger partial charge in [-0.2, -0.15) is 0 Å². The van der Waals surface area contributed by atoms with Gasteiger partial charge in [-0.05, 0) is 49.7 Å². The first-order valence-electron chi connectivity index (χ1n) is 9.88. The molecule has 0 saturated heterocycles. The first-order chi connectivity index (χ1) is 15.0. The highest BCUT2D eigenvalue weighted by molar-refractivity contribution is 6.21. The molecule has 1 aromatic heterocycles. The van der Waals surface area contributed by atoms with Gasteiger partial charge >= 0.3 is 5.97 Å². The van der Waals surface area contributed by atoms with E-state index in [0.717, 1.165) is 30.8 Å². The van der Waals surface area contributed by atoms with Crippen molar-refractivity contribution in [1.29, 1.82) is 0 Å². The first-order valence-corrected chi connectivity index (χ1v) is 9.88. The number of likely N-dealkylation sites (N-methyl/N-ethyl adjacent to an activating group) is 1. The number of carbonyl (C=O) groups excluding carboxylic acids is 3. The summed E-state index contributed by atoms with van der Waals surface area (Å²) in [6, 6.07) is 12.3. The lowest BCUT2D eigenvalue weighted by Gasteiger charge is -2.26. The van der Waals surface area contributed by atoms with Gasteiger partial charge in [0.25, 0.3) is 11.8 Å². The van der Waals surface area contributed by atoms with Gasteiger partial charge in [-0.15, -0.1) is 5.10 Å². The Balaban J connectivity index is 1.43. The normalized spacial score (nSPS) is 15.7. The first kappa shape index (κ1) is 19.1. The third-order valence-corrected chi connectivity index (χ3v) is 5.68. The molecule has 0 radical (unpaired) electrons. The van der Waals surface area contributed by atoms with E-state index in [4.69, 9.17) is 4.84 Å². The molecule has 0 N–H and O–H groups in total. The van der Waals surface area contributed by atoms with Gasteiger partial charge in [0.1, 0.15) is 0 Å². The van der Waals surface area contributed by atoms with Crippen LogP contribution in [0.15, 0.2) is 42.5 Å². The Morgan fingerprint density at radius 1 is 1.03 bits per heavy atom. The van der Waals surface area contributed by atoms with Crippen molar-refractivity contribution in [2.75, 3.05) is 13.6 Å². The summed E-state index contributed by atoms with van der Waals surface area (Å²) in [6.07, 6.45) is 0.857. The van der Waals surface area contributed by atoms with Gasteiger partial charge in [0.15, 0.2) is 5.69 Å². The van der Waals surface area contributed by atoms with E-state index >= 15 is 0 Å². The van der Waals surface area contributed by atoms with Crippen molar-refractivity contribution >= 4 is 17.8 Å². The molecule has 0 fully saturated rings. The van der Waals surface area contributed by atoms with Crippen LogP contribution in [0.2, 0.25) is 0 Å². The third kappa shape index (κ3) is 3.01. The maximum Gasteiger partial charge on any atom is 0.385 e. The Bertz CT molecular complexity index is 1210. The predicted octanol–water partition coefficient (Wildman–Crippen LogP) is 1.93. The zero-order valence-corrected chi connectivity index (χ0v) is 17.0. The van der Waals surface area contributed by atoms with Crippen molar-refractivity contribution in [1.82, 2.24) is 25.0 Å². The topological polar surface area (TPSA) is 97.6 Å². The van der Waals surface area contributed by atoms with E-state index in [-0.39, 0.29) is 16.8 Å². The Labute approximate surface area is 177 Å². The lowest BCUT2D eigenvalue weighted by molar-refractivity contribution is -0.0589. The van der Waals surface area contributed by atoms with E-state index in [2.05, 4.69) is 28.3 Å². The summed E-state index contributed by atoms with van der Waals surface area (Å²) >= 11 is 0. The molecule has 0 atom stereocenters. The van der Waals surface area contributed by atoms with Crippen LogP contribution < -0.4 is 0 Å². The number of rotatable bonds is 3. The summed E-state index contributed by atoms with van der Waals surface area (Å²) in [6.45, 7) is 3.46. The molecule has 2 aromatic carbocycles. The predicted molar refractivity (Wildman–Crippen MR) is 108 cm³/mol. The van der Waals surface area contributed by atoms with E-state index < -0.39 is 17.8 Å². The molecule has 5 rings (SSSR count). The van der Waals surface area contributed by atoms with E-state index in [0.29, 0.717) is 10.8 Å². The fraction of sp³-hybridized carbons (Fsp3) is 0.227. The SMILES string of the molecule is Cc1c(C(=O)ON2C(=O)c3ccccc3C2=O)nnn1-c1cccc2c1CCN(C)C2. The molecule has 0 bridgehead atoms. The molecule has 0 unspecified atom stereocenters. The molecule has 0 spiro atoms. The van der Waals surface area contributed by atoms with E-state index in [1.54, 1.807) is 23.7 Å². The molecule has 2 aliphatic rings. The molecule has 9 heteroatoms. The Hall–Kier alpha value is -3.85. The standard InChI is InChI=1S/C22H19N5O4/c1-13-19(22(30)31-27-20(28)16-7-3-4-8-17(16)21(27)29)23-24-26(13)18-9-5-6-14-12-25(2)11-10-15(14)18/h3-9H,10-12H2,1-2H3. The molecule has 9 nitrogen and oxygen atoms in total. The number of carbonyl (C=O) groups is 3. The van der Waals surface area contributed by atoms with Crippen LogP contribution in [0.5, 0.6) is 0 Å². The highest BCUT2D eigenvalue weighted by atomic mass is 16.7. The summed E-state index contributed by atoms with van der Waals surface area (Å²) < 4.78 is 1.60. The highest BCUT2D eigenvalue weighted by Gasteiger charge is 2.39. The lowest BCUT2D eigenvalue weighted by Crippen LogP contribution is -2.33. The Morgan fingerprint density at radius 2 is 1.74 bits per heavy atom. The van der Waals surface area contributed by atoms with Crippen molar-refractivity contribution in [3.05, 3.63) is 76.1 Å². The summed E-state index contributed by atoms with van der Waals surface area (Å²) in [5, 5.41) is 8.60. The van der Waals surface area contributed by atoms with Crippen LogP contribution in [0.25, 0.3) is 5.69 Å². The van der Waals surface area contributed by atoms with Crippen LogP contribution in [0.4, 0.5) is 0 Å². The maximum atomic E-state index is 12.7. The zero-order chi connectivity index (χ0) is 21.7. The molecule has 3 aromatic rings. The van der Waals surface area contributed by atoms with Crippen molar-refractivity contribution in [3.63, 3.8) is 0 Å². The number of hydrogen-bond donors (Lipinski definition) is 0. The second kappa shape index (κ2) is 7.13. The Morgan fingerprint density at radius 3 is 2.45 bits per heavy atom. The molecule has 3 heterocycles. The molecule has 0 saturated carbocycles. The number of amides is 2. The molecule has 156 valence electrons. The summed E-state index contributed by atoms with van der Waals surface area (Å²) in [4.78, 5) is 45.0. The van der Waals surface area contributed by atoms with Crippen LogP contribution in [0, 0.1) is 6.92 Å². The van der Waals surface area contributed by atoms with Gasteiger partial charge in [0, 0.05) is 13.1 Å². The monoisotopic (exact) mass is 417 g/mol. The molecule has 0 aliphatic carbocycles. The number of imide groups is 1. The molecular weight excluding hydrogens is 398 g/mol. The van der Waals surface area contributed by atoms with Gasteiger partial charge in [0.05, 0.1) is 22.5 Å². The lowest BCUT2D eigenvalue weighted by atomic mass is 9.98. The fourth-order valence-electron chi connectivity index (χ4n) is 4.05. The Kier molecular flexibility index (Phi) is 4.40. The quantitative estimate of drug-likeness (QED) is 0.601. The van der Waals surface area contributed by atoms with Gasteiger partial charge in [0.2, 0.25) is 0 Å². The molecule has 2 amide bonds. The average Bonchev–Trinajstić information content (AvgIpc) is 3.26. The van der Waals surface area contributed by atoms with Crippen molar-refractivity contribution in [2.24, 2.45) is 0 Å². The van der Waals surface area contributed by atoms with Gasteiger partial charge in [-0.25, -0.2) is 9.48 Å². The fourth-order valence-corrected chi connectivity index (χ4v) is 4.05. The van der Waals surface area contributed by atoms with Crippen LogP contribution in [0.1, 0.15) is 48.0 Å². The van der Waals surface area contributed by atoms with Crippen LogP contribution in [-0.2, 0) is 17.8 Å². The number of nitrogens with zero attached hydrogens (tertiary/aromatic N) is 5. The van der Waals surface area contributed by atoms with Crippen molar-refractivity contribution < 1.29 is 19.2 Å². The van der Waals surface area contributed by atoms with Crippen LogP contribution in [0.3, 0.4) is 0 Å². The number of fused-ring (bicyclic) bond motifs is 2. The van der Waals surface area contributed by atoms with E-state index in [9.17, 15) is 14.4 Å². The minimum Gasteiger partial charge on any atom is -0.322 e. The number of hydrogen-bond acceptors (Lipinski definition) is 7. The van der Waals surface area contributed by atoms with Gasteiger partial charge in [-0.1, -0.05) is 34.5 Å². The smallest absolute Gasteiger partial charge is 0.322 e. The van der Waals surface area contributed by atoms with Crippen molar-refractivity contribution in [2.45, 2.75) is 19.9 Å². The van der Waals surface area contributed by atoms with E-state index in [1.165, 1.54) is 17.7 Å². The third-order valence-electron chi connectivity index (χ3n) is 5.68. The largest absolute Gasteiger partial charge is 0.385 e. The highest BCUT2D eigenvalue weighted by Crippen LogP contribution is 2.27. The second-order valence-electron chi connectivity index (χ2n) is 7.67. The average molecular weight is 417 g/mol. The minimum absolute atomic E-state index is 0.0536. The van der Waals surface area contributed by atoms with Crippen LogP contribution >= 0.6 is 0 Å². The van der Waals surface area contributed by atoms with Crippen LogP contribution in [-0.4, -0.2) is 56.3 Å². The van der Waals surface area contributed by atoms with Gasteiger partial charge < -0.3 is 9.74 Å². The molecule has 2 aliphatic heterocycles. The van der Waals surface area contributed by atoms with Crippen molar-refractivity contribution in [3.8, 4) is 5.69 Å². The minimum atomic E-state index is -0.914. The summed E-state index contributed by atoms with van der Waals surface area (Å²) in [5.74, 6) is -2.27. The summed E-state index contributed by atoms with van der Waals surface area (Å²) in [7, 11) is 2.07. The van der Waals surface area contributed by atoms with Gasteiger partial charge in [-0.3, -0.25) is 9.59 Å². The number of benzene rings is 2.